The molecule has 0 amide bonds. The first-order valence-electron chi connectivity index (χ1n) is 11.8. The molecule has 186 valence electrons. The third-order valence-corrected chi connectivity index (χ3v) is 8.24. The molecule has 0 aromatic heterocycles. The predicted octanol–water partition coefficient (Wildman–Crippen LogP) is 8.04. The van der Waals surface area contributed by atoms with Crippen molar-refractivity contribution in [1.29, 1.82) is 0 Å². The van der Waals surface area contributed by atoms with Crippen LogP contribution in [0.2, 0.25) is 5.02 Å². The van der Waals surface area contributed by atoms with Gasteiger partial charge in [0.2, 0.25) is 0 Å². The van der Waals surface area contributed by atoms with E-state index in [2.05, 4.69) is 33.4 Å². The lowest BCUT2D eigenvalue weighted by Gasteiger charge is -2.38. The number of fused-ring (bicyclic) bond motifs is 3. The maximum atomic E-state index is 12.0. The molecule has 3 atom stereocenters. The van der Waals surface area contributed by atoms with Gasteiger partial charge < -0.3 is 14.8 Å². The van der Waals surface area contributed by atoms with Gasteiger partial charge in [0.05, 0.1) is 22.5 Å². The van der Waals surface area contributed by atoms with Gasteiger partial charge in [0, 0.05) is 22.6 Å². The molecule has 0 fully saturated rings. The Morgan fingerprint density at radius 1 is 1.22 bits per heavy atom. The molecule has 0 radical (unpaired) electrons. The number of hydrogen-bond acceptors (Lipinski definition) is 5. The molecule has 1 aliphatic carbocycles. The number of halogens is 2. The number of nitrogens with one attached hydrogen (secondary N) is 1. The topological polar surface area (TPSA) is 73.6 Å². The van der Waals surface area contributed by atoms with Gasteiger partial charge in [-0.25, -0.2) is 0 Å². The third kappa shape index (κ3) is 4.24. The van der Waals surface area contributed by atoms with Gasteiger partial charge in [-0.15, -0.1) is 0 Å². The second kappa shape index (κ2) is 9.79. The van der Waals surface area contributed by atoms with Crippen LogP contribution in [0.1, 0.15) is 46.2 Å². The first-order valence-corrected chi connectivity index (χ1v) is 12.9. The maximum absolute atomic E-state index is 12.0. The number of nitro groups is 1. The summed E-state index contributed by atoms with van der Waals surface area (Å²) in [6, 6.07) is 13.0. The van der Waals surface area contributed by atoms with Gasteiger partial charge in [-0.1, -0.05) is 42.0 Å². The van der Waals surface area contributed by atoms with Gasteiger partial charge >= 0.3 is 0 Å². The summed E-state index contributed by atoms with van der Waals surface area (Å²) in [7, 11) is 1.61. The molecule has 3 aromatic carbocycles. The highest BCUT2D eigenvalue weighted by atomic mass is 79.9. The molecule has 0 unspecified atom stereocenters. The molecule has 36 heavy (non-hydrogen) atoms. The van der Waals surface area contributed by atoms with Gasteiger partial charge in [0.1, 0.15) is 12.3 Å². The normalized spacial score (nSPS) is 19.9. The summed E-state index contributed by atoms with van der Waals surface area (Å²) in [6.45, 7) is 4.28. The van der Waals surface area contributed by atoms with Crippen LogP contribution >= 0.6 is 27.5 Å². The molecule has 3 aromatic rings. The Balaban J connectivity index is 1.53. The van der Waals surface area contributed by atoms with Crippen LogP contribution in [0.5, 0.6) is 11.5 Å². The van der Waals surface area contributed by atoms with Crippen LogP contribution in [-0.4, -0.2) is 12.0 Å². The number of aryl methyl sites for hydroxylation is 1. The Hall–Kier alpha value is -3.03. The zero-order chi connectivity index (χ0) is 25.6. The van der Waals surface area contributed by atoms with Crippen molar-refractivity contribution < 1.29 is 14.4 Å². The van der Waals surface area contributed by atoms with Crippen LogP contribution in [-0.2, 0) is 6.61 Å². The van der Waals surface area contributed by atoms with Crippen molar-refractivity contribution in [2.75, 3.05) is 12.4 Å². The average molecular weight is 570 g/mol. The summed E-state index contributed by atoms with van der Waals surface area (Å²) >= 11 is 9.97. The molecule has 0 saturated carbocycles. The first-order chi connectivity index (χ1) is 17.3. The van der Waals surface area contributed by atoms with Crippen LogP contribution < -0.4 is 14.8 Å². The van der Waals surface area contributed by atoms with Crippen molar-refractivity contribution in [3.8, 4) is 11.5 Å². The number of rotatable bonds is 6. The van der Waals surface area contributed by atoms with Crippen molar-refractivity contribution in [2.24, 2.45) is 5.92 Å². The van der Waals surface area contributed by atoms with Gasteiger partial charge in [0.15, 0.2) is 11.5 Å². The predicted molar refractivity (Wildman–Crippen MR) is 145 cm³/mol. The Kier molecular flexibility index (Phi) is 6.70. The third-order valence-electron chi connectivity index (χ3n) is 7.29. The molecule has 0 spiro atoms. The fourth-order valence-corrected chi connectivity index (χ4v) is 6.14. The molecule has 8 heteroatoms. The van der Waals surface area contributed by atoms with Crippen molar-refractivity contribution in [1.82, 2.24) is 0 Å². The lowest BCUT2D eigenvalue weighted by atomic mass is 9.74. The molecule has 0 bridgehead atoms. The van der Waals surface area contributed by atoms with Crippen molar-refractivity contribution >= 4 is 38.9 Å². The van der Waals surface area contributed by atoms with Crippen LogP contribution in [0.4, 0.5) is 11.4 Å². The van der Waals surface area contributed by atoms with Crippen molar-refractivity contribution in [2.45, 2.75) is 38.8 Å². The zero-order valence-corrected chi connectivity index (χ0v) is 22.5. The monoisotopic (exact) mass is 568 g/mol. The number of allylic oxidation sites excluding steroid dienone is 2. The zero-order valence-electron chi connectivity index (χ0n) is 20.2. The van der Waals surface area contributed by atoms with E-state index in [4.69, 9.17) is 21.1 Å². The molecule has 6 nitrogen and oxygen atoms in total. The van der Waals surface area contributed by atoms with E-state index in [0.29, 0.717) is 28.8 Å². The van der Waals surface area contributed by atoms with E-state index in [9.17, 15) is 10.1 Å². The summed E-state index contributed by atoms with van der Waals surface area (Å²) in [6.07, 6.45) is 5.26. The van der Waals surface area contributed by atoms with Crippen LogP contribution in [0.25, 0.3) is 0 Å². The SMILES string of the molecule is COc1cc([C@@H]2Nc3c([N+](=O)[O-])cc(C)c(C)c3[C@H]3C=CC[C@@H]32)cc(Br)c1OCc1ccccc1Cl. The molecule has 0 saturated heterocycles. The highest BCUT2D eigenvalue weighted by Crippen LogP contribution is 2.54. The Labute approximate surface area is 223 Å². The Morgan fingerprint density at radius 2 is 2.00 bits per heavy atom. The van der Waals surface area contributed by atoms with E-state index in [1.54, 1.807) is 13.2 Å². The Morgan fingerprint density at radius 3 is 2.72 bits per heavy atom. The van der Waals surface area contributed by atoms with E-state index in [1.807, 2.05) is 50.2 Å². The molecule has 5 rings (SSSR count). The summed E-state index contributed by atoms with van der Waals surface area (Å²) in [5.74, 6) is 1.49. The smallest absolute Gasteiger partial charge is 0.292 e. The van der Waals surface area contributed by atoms with Crippen LogP contribution in [0.15, 0.2) is 59.1 Å². The first kappa shape index (κ1) is 24.7. The fraction of sp³-hybridized carbons (Fsp3) is 0.286. The van der Waals surface area contributed by atoms with Gasteiger partial charge in [0.25, 0.3) is 5.69 Å². The highest BCUT2D eigenvalue weighted by molar-refractivity contribution is 9.10. The Bertz CT molecular complexity index is 1390. The summed E-state index contributed by atoms with van der Waals surface area (Å²) < 4.78 is 12.6. The molecular weight excluding hydrogens is 544 g/mol. The molecule has 2 aliphatic rings. The summed E-state index contributed by atoms with van der Waals surface area (Å²) in [5, 5.41) is 16.2. The molecule has 1 heterocycles. The van der Waals surface area contributed by atoms with E-state index < -0.39 is 0 Å². The number of anilines is 1. The summed E-state index contributed by atoms with van der Waals surface area (Å²) in [4.78, 5) is 11.7. The number of nitro benzene ring substituents is 1. The lowest BCUT2D eigenvalue weighted by Crippen LogP contribution is -2.30. The second-order valence-corrected chi connectivity index (χ2v) is 10.5. The number of hydrogen-bond donors (Lipinski definition) is 1. The number of benzene rings is 3. The van der Waals surface area contributed by atoms with Crippen molar-refractivity contribution in [3.63, 3.8) is 0 Å². The van der Waals surface area contributed by atoms with Gasteiger partial charge in [-0.05, 0) is 82.6 Å². The van der Waals surface area contributed by atoms with E-state index in [-0.39, 0.29) is 28.5 Å². The lowest BCUT2D eigenvalue weighted by molar-refractivity contribution is -0.384. The van der Waals surface area contributed by atoms with E-state index >= 15 is 0 Å². The largest absolute Gasteiger partial charge is 0.493 e. The average Bonchev–Trinajstić information content (AvgIpc) is 3.35. The minimum Gasteiger partial charge on any atom is -0.493 e. The standard InChI is InChI=1S/C28H26BrClN2O4/c1-15-11-23(32(33)34)27-25(16(15)2)19-8-6-9-20(19)26(31-27)18-12-21(29)28(24(13-18)35-3)36-14-17-7-4-5-10-22(17)30/h4-8,10-13,19-20,26,31H,9,14H2,1-3H3/t19-,20-,26-/m0/s1. The number of ether oxygens (including phenoxy) is 2. The van der Waals surface area contributed by atoms with Crippen LogP contribution in [0, 0.1) is 29.9 Å². The van der Waals surface area contributed by atoms with Crippen molar-refractivity contribution in [3.05, 3.63) is 102 Å². The fourth-order valence-electron chi connectivity index (χ4n) is 5.38. The van der Waals surface area contributed by atoms with Gasteiger partial charge in [-0.2, -0.15) is 0 Å². The minimum absolute atomic E-state index is 0.103. The molecule has 1 N–H and O–H groups in total. The van der Waals surface area contributed by atoms with E-state index in [1.165, 1.54) is 0 Å². The summed E-state index contributed by atoms with van der Waals surface area (Å²) in [5.41, 5.74) is 5.63. The van der Waals surface area contributed by atoms with E-state index in [0.717, 1.165) is 38.7 Å². The number of methoxy groups -OCH3 is 1. The highest BCUT2D eigenvalue weighted by Gasteiger charge is 2.42. The minimum atomic E-state index is -0.295. The molecule has 1 aliphatic heterocycles. The van der Waals surface area contributed by atoms with Gasteiger partial charge in [-0.3, -0.25) is 10.1 Å². The maximum Gasteiger partial charge on any atom is 0.292 e. The quantitative estimate of drug-likeness (QED) is 0.185. The molecular formula is C28H26BrClN2O4. The second-order valence-electron chi connectivity index (χ2n) is 9.27. The van der Waals surface area contributed by atoms with Crippen LogP contribution in [0.3, 0.4) is 0 Å². The number of nitrogens with zero attached hydrogens (tertiary/aromatic N) is 1.